The molecule has 134 valence electrons. The molecule has 1 fully saturated rings. The van der Waals surface area contributed by atoms with Gasteiger partial charge in [0.1, 0.15) is 0 Å². The Labute approximate surface area is 146 Å². The van der Waals surface area contributed by atoms with E-state index in [1.54, 1.807) is 0 Å². The average Bonchev–Trinajstić information content (AvgIpc) is 2.54. The van der Waals surface area contributed by atoms with Gasteiger partial charge < -0.3 is 14.4 Å². The van der Waals surface area contributed by atoms with Crippen molar-refractivity contribution in [3.8, 4) is 0 Å². The molecule has 0 aromatic heterocycles. The second-order valence-electron chi connectivity index (χ2n) is 7.88. The molecule has 1 saturated heterocycles. The molecule has 1 aromatic carbocycles. The molecule has 0 unspecified atom stereocenters. The van der Waals surface area contributed by atoms with Crippen LogP contribution in [0.4, 0.5) is 5.69 Å². The number of esters is 1. The summed E-state index contributed by atoms with van der Waals surface area (Å²) < 4.78 is 11.0. The van der Waals surface area contributed by atoms with E-state index >= 15 is 0 Å². The van der Waals surface area contributed by atoms with Crippen molar-refractivity contribution in [2.45, 2.75) is 52.6 Å². The zero-order valence-electron chi connectivity index (χ0n) is 15.7. The normalized spacial score (nSPS) is 17.6. The average molecular weight is 333 g/mol. The third-order valence-electron chi connectivity index (χ3n) is 4.70. The number of hydrogen-bond donors (Lipinski definition) is 0. The fourth-order valence-electron chi connectivity index (χ4n) is 3.61. The van der Waals surface area contributed by atoms with E-state index in [-0.39, 0.29) is 17.0 Å². The maximum Gasteiger partial charge on any atom is 0.338 e. The molecule has 0 amide bonds. The van der Waals surface area contributed by atoms with Crippen LogP contribution in [-0.2, 0) is 9.47 Å². The molecule has 2 rings (SSSR count). The number of carbonyl (C=O) groups is 1. The summed E-state index contributed by atoms with van der Waals surface area (Å²) in [5.74, 6) is -0.258. The second kappa shape index (κ2) is 7.56. The number of nitrogens with zero attached hydrogens (tertiary/aromatic N) is 1. The molecule has 24 heavy (non-hydrogen) atoms. The molecular weight excluding hydrogens is 302 g/mol. The quantitative estimate of drug-likeness (QED) is 0.754. The summed E-state index contributed by atoms with van der Waals surface area (Å²) in [4.78, 5) is 14.1. The van der Waals surface area contributed by atoms with Crippen LogP contribution in [0.2, 0.25) is 0 Å². The summed E-state index contributed by atoms with van der Waals surface area (Å²) in [6, 6.07) is 7.72. The Morgan fingerprint density at radius 3 is 2.21 bits per heavy atom. The van der Waals surface area contributed by atoms with E-state index < -0.39 is 0 Å². The van der Waals surface area contributed by atoms with Gasteiger partial charge in [-0.15, -0.1) is 0 Å². The third-order valence-corrected chi connectivity index (χ3v) is 4.70. The van der Waals surface area contributed by atoms with E-state index in [0.29, 0.717) is 12.2 Å². The predicted octanol–water partition coefficient (Wildman–Crippen LogP) is 4.28. The molecule has 1 aliphatic heterocycles. The molecule has 0 spiro atoms. The Kier molecular flexibility index (Phi) is 5.92. The zero-order valence-corrected chi connectivity index (χ0v) is 15.7. The summed E-state index contributed by atoms with van der Waals surface area (Å²) in [5, 5.41) is 0. The minimum Gasteiger partial charge on any atom is -0.462 e. The van der Waals surface area contributed by atoms with Crippen molar-refractivity contribution in [1.29, 1.82) is 0 Å². The number of carbonyl (C=O) groups excluding carboxylic acids is 1. The molecule has 0 radical (unpaired) electrons. The van der Waals surface area contributed by atoms with Crippen molar-refractivity contribution < 1.29 is 14.3 Å². The van der Waals surface area contributed by atoms with Crippen LogP contribution in [0.1, 0.15) is 57.3 Å². The van der Waals surface area contributed by atoms with Gasteiger partial charge >= 0.3 is 5.97 Å². The highest BCUT2D eigenvalue weighted by molar-refractivity contribution is 5.89. The summed E-state index contributed by atoms with van der Waals surface area (Å²) in [5.41, 5.74) is 2.01. The number of ether oxygens (including phenoxy) is 2. The Hall–Kier alpha value is -1.55. The van der Waals surface area contributed by atoms with Crippen LogP contribution in [-0.4, -0.2) is 38.4 Å². The van der Waals surface area contributed by atoms with E-state index in [2.05, 4.69) is 25.7 Å². The van der Waals surface area contributed by atoms with Crippen LogP contribution < -0.4 is 4.90 Å². The van der Waals surface area contributed by atoms with Crippen molar-refractivity contribution in [2.24, 2.45) is 5.41 Å². The molecule has 0 saturated carbocycles. The Balaban J connectivity index is 2.00. The highest BCUT2D eigenvalue weighted by atomic mass is 16.5. The van der Waals surface area contributed by atoms with Crippen LogP contribution in [0.3, 0.4) is 0 Å². The van der Waals surface area contributed by atoms with Crippen molar-refractivity contribution in [1.82, 2.24) is 0 Å². The van der Waals surface area contributed by atoms with E-state index in [1.165, 1.54) is 0 Å². The Morgan fingerprint density at radius 1 is 1.17 bits per heavy atom. The number of anilines is 1. The standard InChI is InChI=1S/C20H31NO3/c1-6-24-18(22)16-7-9-17(10-8-16)21-13-11-20(23-5,12-14-21)15-19(2,3)4/h7-10H,6,11-15H2,1-5H3. The molecule has 1 aliphatic rings. The SMILES string of the molecule is CCOC(=O)c1ccc(N2CCC(CC(C)(C)C)(OC)CC2)cc1. The number of rotatable bonds is 5. The van der Waals surface area contributed by atoms with Crippen LogP contribution in [0, 0.1) is 5.41 Å². The van der Waals surface area contributed by atoms with E-state index in [4.69, 9.17) is 9.47 Å². The van der Waals surface area contributed by atoms with E-state index in [0.717, 1.165) is 38.0 Å². The van der Waals surface area contributed by atoms with Gasteiger partial charge in [0.15, 0.2) is 0 Å². The third kappa shape index (κ3) is 4.73. The summed E-state index contributed by atoms with van der Waals surface area (Å²) >= 11 is 0. The van der Waals surface area contributed by atoms with Gasteiger partial charge in [0.2, 0.25) is 0 Å². The van der Waals surface area contributed by atoms with Crippen LogP contribution in [0.5, 0.6) is 0 Å². The maximum atomic E-state index is 11.7. The predicted molar refractivity (Wildman–Crippen MR) is 97.7 cm³/mol. The van der Waals surface area contributed by atoms with E-state index in [1.807, 2.05) is 38.3 Å². The van der Waals surface area contributed by atoms with Crippen LogP contribution in [0.25, 0.3) is 0 Å². The highest BCUT2D eigenvalue weighted by Crippen LogP contribution is 2.38. The topological polar surface area (TPSA) is 38.8 Å². The van der Waals surface area contributed by atoms with Gasteiger partial charge in [0.05, 0.1) is 17.8 Å². The minimum absolute atomic E-state index is 0.0143. The fraction of sp³-hybridized carbons (Fsp3) is 0.650. The van der Waals surface area contributed by atoms with Gasteiger partial charge in [0.25, 0.3) is 0 Å². The van der Waals surface area contributed by atoms with Gasteiger partial charge in [-0.2, -0.15) is 0 Å². The first kappa shape index (κ1) is 18.8. The van der Waals surface area contributed by atoms with Gasteiger partial charge in [-0.1, -0.05) is 20.8 Å². The van der Waals surface area contributed by atoms with Crippen LogP contribution >= 0.6 is 0 Å². The van der Waals surface area contributed by atoms with Crippen molar-refractivity contribution >= 4 is 11.7 Å². The van der Waals surface area contributed by atoms with Gasteiger partial charge in [0, 0.05) is 25.9 Å². The van der Waals surface area contributed by atoms with Gasteiger partial charge in [-0.25, -0.2) is 4.79 Å². The molecule has 1 aromatic rings. The van der Waals surface area contributed by atoms with Crippen molar-refractivity contribution in [3.05, 3.63) is 29.8 Å². The summed E-state index contributed by atoms with van der Waals surface area (Å²) in [6.07, 6.45) is 3.13. The summed E-state index contributed by atoms with van der Waals surface area (Å²) in [7, 11) is 1.84. The Bertz CT molecular complexity index is 537. The first-order chi connectivity index (χ1) is 11.3. The molecule has 0 aliphatic carbocycles. The van der Waals surface area contributed by atoms with Crippen molar-refractivity contribution in [3.63, 3.8) is 0 Å². The Morgan fingerprint density at radius 2 is 1.75 bits per heavy atom. The molecule has 1 heterocycles. The number of methoxy groups -OCH3 is 1. The fourth-order valence-corrected chi connectivity index (χ4v) is 3.61. The molecular formula is C20H31NO3. The lowest BCUT2D eigenvalue weighted by molar-refractivity contribution is -0.0569. The molecule has 0 atom stereocenters. The van der Waals surface area contributed by atoms with Crippen molar-refractivity contribution in [2.75, 3.05) is 31.7 Å². The van der Waals surface area contributed by atoms with Crippen LogP contribution in [0.15, 0.2) is 24.3 Å². The zero-order chi connectivity index (χ0) is 17.8. The maximum absolute atomic E-state index is 11.7. The lowest BCUT2D eigenvalue weighted by atomic mass is 9.76. The monoisotopic (exact) mass is 333 g/mol. The first-order valence-corrected chi connectivity index (χ1v) is 8.86. The van der Waals surface area contributed by atoms with E-state index in [9.17, 15) is 4.79 Å². The van der Waals surface area contributed by atoms with Gasteiger partial charge in [-0.05, 0) is 55.9 Å². The lowest BCUT2D eigenvalue weighted by Gasteiger charge is -2.44. The second-order valence-corrected chi connectivity index (χ2v) is 7.88. The number of piperidine rings is 1. The molecule has 4 heteroatoms. The number of hydrogen-bond acceptors (Lipinski definition) is 4. The highest BCUT2D eigenvalue weighted by Gasteiger charge is 2.37. The lowest BCUT2D eigenvalue weighted by Crippen LogP contribution is -2.47. The summed E-state index contributed by atoms with van der Waals surface area (Å²) in [6.45, 7) is 11.0. The smallest absolute Gasteiger partial charge is 0.338 e. The van der Waals surface area contributed by atoms with Gasteiger partial charge in [-0.3, -0.25) is 0 Å². The largest absolute Gasteiger partial charge is 0.462 e. The molecule has 4 nitrogen and oxygen atoms in total. The number of benzene rings is 1. The first-order valence-electron chi connectivity index (χ1n) is 8.86. The molecule has 0 bridgehead atoms. The molecule has 0 N–H and O–H groups in total. The minimum atomic E-state index is -0.258.